The Bertz CT molecular complexity index is 991. The molecule has 162 valence electrons. The molecule has 0 radical (unpaired) electrons. The summed E-state index contributed by atoms with van der Waals surface area (Å²) in [6.45, 7) is 4.69. The number of carbonyl (C=O) groups is 2. The van der Waals surface area contributed by atoms with Gasteiger partial charge in [-0.1, -0.05) is 18.2 Å². The number of piperazine rings is 1. The SMILES string of the molecule is CC(=O)c1cc2c(cc1NC(=O)CN1CCN(C(=S)Nc3ccccc3)CC1)OCO2. The van der Waals surface area contributed by atoms with E-state index in [-0.39, 0.29) is 25.0 Å². The number of Topliss-reactive ketones (excluding diaryl/α,β-unsaturated/α-hetero) is 1. The van der Waals surface area contributed by atoms with Gasteiger partial charge in [-0.2, -0.15) is 0 Å². The van der Waals surface area contributed by atoms with Crippen LogP contribution in [0.3, 0.4) is 0 Å². The van der Waals surface area contributed by atoms with Crippen LogP contribution in [0.15, 0.2) is 42.5 Å². The van der Waals surface area contributed by atoms with Gasteiger partial charge in [0, 0.05) is 43.5 Å². The number of para-hydroxylation sites is 1. The minimum atomic E-state index is -0.181. The molecule has 0 spiro atoms. The molecule has 2 heterocycles. The van der Waals surface area contributed by atoms with Gasteiger partial charge in [-0.15, -0.1) is 0 Å². The van der Waals surface area contributed by atoms with Gasteiger partial charge in [0.1, 0.15) is 0 Å². The fourth-order valence-electron chi connectivity index (χ4n) is 3.56. The number of carbonyl (C=O) groups excluding carboxylic acids is 2. The first-order valence-electron chi connectivity index (χ1n) is 10.1. The van der Waals surface area contributed by atoms with E-state index in [9.17, 15) is 9.59 Å². The molecule has 2 aliphatic heterocycles. The highest BCUT2D eigenvalue weighted by atomic mass is 32.1. The summed E-state index contributed by atoms with van der Waals surface area (Å²) in [5, 5.41) is 6.77. The van der Waals surface area contributed by atoms with Crippen molar-refractivity contribution >= 4 is 40.4 Å². The van der Waals surface area contributed by atoms with Crippen molar-refractivity contribution in [1.82, 2.24) is 9.80 Å². The Hall–Kier alpha value is -3.17. The Morgan fingerprint density at radius 2 is 1.68 bits per heavy atom. The molecule has 0 unspecified atom stereocenters. The molecule has 9 heteroatoms. The third-order valence-electron chi connectivity index (χ3n) is 5.22. The Morgan fingerprint density at radius 3 is 2.35 bits per heavy atom. The number of hydrogen-bond acceptors (Lipinski definition) is 6. The highest BCUT2D eigenvalue weighted by Crippen LogP contribution is 2.37. The quantitative estimate of drug-likeness (QED) is 0.542. The average Bonchev–Trinajstić information content (AvgIpc) is 3.21. The van der Waals surface area contributed by atoms with Gasteiger partial charge in [-0.05, 0) is 37.3 Å². The Labute approximate surface area is 186 Å². The topological polar surface area (TPSA) is 83.1 Å². The average molecular weight is 441 g/mol. The maximum atomic E-state index is 12.6. The number of nitrogens with zero attached hydrogens (tertiary/aromatic N) is 2. The molecular weight excluding hydrogens is 416 g/mol. The van der Waals surface area contributed by atoms with Crippen LogP contribution in [0.4, 0.5) is 11.4 Å². The van der Waals surface area contributed by atoms with E-state index in [1.807, 2.05) is 30.3 Å². The van der Waals surface area contributed by atoms with Crippen LogP contribution in [0, 0.1) is 0 Å². The molecule has 31 heavy (non-hydrogen) atoms. The van der Waals surface area contributed by atoms with Crippen molar-refractivity contribution < 1.29 is 19.1 Å². The summed E-state index contributed by atoms with van der Waals surface area (Å²) in [5.74, 6) is 0.703. The molecular formula is C22H24N4O4S. The first kappa shape index (κ1) is 21.1. The second-order valence-electron chi connectivity index (χ2n) is 7.41. The third kappa shape index (κ3) is 5.12. The molecule has 0 bridgehead atoms. The van der Waals surface area contributed by atoms with Crippen LogP contribution in [0.2, 0.25) is 0 Å². The molecule has 4 rings (SSSR count). The van der Waals surface area contributed by atoms with E-state index in [1.54, 1.807) is 12.1 Å². The second kappa shape index (κ2) is 9.32. The summed E-state index contributed by atoms with van der Waals surface area (Å²) in [7, 11) is 0. The van der Waals surface area contributed by atoms with E-state index in [0.717, 1.165) is 18.8 Å². The molecule has 2 aromatic carbocycles. The maximum Gasteiger partial charge on any atom is 0.238 e. The van der Waals surface area contributed by atoms with Gasteiger partial charge >= 0.3 is 0 Å². The van der Waals surface area contributed by atoms with E-state index in [1.165, 1.54) is 6.92 Å². The molecule has 2 aliphatic rings. The number of thiocarbonyl (C=S) groups is 1. The van der Waals surface area contributed by atoms with Crippen molar-refractivity contribution in [2.75, 3.05) is 50.2 Å². The van der Waals surface area contributed by atoms with E-state index in [0.29, 0.717) is 41.0 Å². The molecule has 1 fully saturated rings. The molecule has 2 N–H and O–H groups in total. The van der Waals surface area contributed by atoms with Crippen LogP contribution in [-0.4, -0.2) is 66.1 Å². The van der Waals surface area contributed by atoms with Gasteiger partial charge in [0.05, 0.1) is 12.2 Å². The zero-order valence-corrected chi connectivity index (χ0v) is 18.0. The lowest BCUT2D eigenvalue weighted by atomic mass is 10.1. The monoisotopic (exact) mass is 440 g/mol. The van der Waals surface area contributed by atoms with Gasteiger partial charge in [-0.25, -0.2) is 0 Å². The molecule has 2 aromatic rings. The van der Waals surface area contributed by atoms with Crippen molar-refractivity contribution in [2.45, 2.75) is 6.92 Å². The Kier molecular flexibility index (Phi) is 6.34. The van der Waals surface area contributed by atoms with E-state index < -0.39 is 0 Å². The minimum Gasteiger partial charge on any atom is -0.454 e. The summed E-state index contributed by atoms with van der Waals surface area (Å²) >= 11 is 5.51. The lowest BCUT2D eigenvalue weighted by molar-refractivity contribution is -0.117. The number of ether oxygens (including phenoxy) is 2. The summed E-state index contributed by atoms with van der Waals surface area (Å²) in [5.41, 5.74) is 1.80. The van der Waals surface area contributed by atoms with Gasteiger partial charge in [-0.3, -0.25) is 14.5 Å². The number of anilines is 2. The Balaban J connectivity index is 1.30. The Morgan fingerprint density at radius 1 is 1.00 bits per heavy atom. The largest absolute Gasteiger partial charge is 0.454 e. The van der Waals surface area contributed by atoms with Crippen molar-refractivity contribution in [2.24, 2.45) is 0 Å². The maximum absolute atomic E-state index is 12.6. The number of hydrogen-bond donors (Lipinski definition) is 2. The van der Waals surface area contributed by atoms with Crippen molar-refractivity contribution in [1.29, 1.82) is 0 Å². The fraction of sp³-hybridized carbons (Fsp3) is 0.318. The van der Waals surface area contributed by atoms with E-state index >= 15 is 0 Å². The fourth-order valence-corrected chi connectivity index (χ4v) is 3.86. The lowest BCUT2D eigenvalue weighted by Gasteiger charge is -2.35. The minimum absolute atomic E-state index is 0.106. The molecule has 1 amide bonds. The molecule has 0 saturated carbocycles. The predicted molar refractivity (Wildman–Crippen MR) is 122 cm³/mol. The number of ketones is 1. The highest BCUT2D eigenvalue weighted by molar-refractivity contribution is 7.80. The van der Waals surface area contributed by atoms with Crippen molar-refractivity contribution in [3.63, 3.8) is 0 Å². The van der Waals surface area contributed by atoms with E-state index in [4.69, 9.17) is 21.7 Å². The number of benzene rings is 2. The third-order valence-corrected chi connectivity index (χ3v) is 5.58. The number of rotatable bonds is 5. The molecule has 0 aliphatic carbocycles. The van der Waals surface area contributed by atoms with Crippen LogP contribution in [-0.2, 0) is 4.79 Å². The summed E-state index contributed by atoms with van der Waals surface area (Å²) in [4.78, 5) is 28.8. The molecule has 8 nitrogen and oxygen atoms in total. The van der Waals surface area contributed by atoms with Crippen LogP contribution in [0.5, 0.6) is 11.5 Å². The smallest absolute Gasteiger partial charge is 0.238 e. The number of amides is 1. The summed E-state index contributed by atoms with van der Waals surface area (Å²) < 4.78 is 10.7. The van der Waals surface area contributed by atoms with Crippen LogP contribution in [0.25, 0.3) is 0 Å². The second-order valence-corrected chi connectivity index (χ2v) is 7.80. The first-order chi connectivity index (χ1) is 15.0. The first-order valence-corrected chi connectivity index (χ1v) is 10.5. The van der Waals surface area contributed by atoms with Gasteiger partial charge in [0.15, 0.2) is 22.4 Å². The highest BCUT2D eigenvalue weighted by Gasteiger charge is 2.23. The van der Waals surface area contributed by atoms with Crippen LogP contribution in [0.1, 0.15) is 17.3 Å². The number of fused-ring (bicyclic) bond motifs is 1. The van der Waals surface area contributed by atoms with Gasteiger partial charge in [0.25, 0.3) is 0 Å². The van der Waals surface area contributed by atoms with Gasteiger partial charge < -0.3 is 25.0 Å². The predicted octanol–water partition coefficient (Wildman–Crippen LogP) is 2.57. The summed E-state index contributed by atoms with van der Waals surface area (Å²) in [6.07, 6.45) is 0. The van der Waals surface area contributed by atoms with Crippen LogP contribution < -0.4 is 20.1 Å². The lowest BCUT2D eigenvalue weighted by Crippen LogP contribution is -2.51. The molecule has 0 aromatic heterocycles. The number of nitrogens with one attached hydrogen (secondary N) is 2. The zero-order chi connectivity index (χ0) is 21.8. The molecule has 0 atom stereocenters. The van der Waals surface area contributed by atoms with Gasteiger partial charge in [0.2, 0.25) is 12.7 Å². The van der Waals surface area contributed by atoms with E-state index in [2.05, 4.69) is 20.4 Å². The molecule has 1 saturated heterocycles. The zero-order valence-electron chi connectivity index (χ0n) is 17.2. The standard InChI is InChI=1S/C22H24N4O4S/c1-15(27)17-11-19-20(30-14-29-19)12-18(17)24-21(28)13-25-7-9-26(10-8-25)22(31)23-16-5-3-2-4-6-16/h2-6,11-12H,7-10,13-14H2,1H3,(H,23,31)(H,24,28). The van der Waals surface area contributed by atoms with Crippen molar-refractivity contribution in [3.05, 3.63) is 48.0 Å². The normalized spacial score (nSPS) is 15.5. The summed E-state index contributed by atoms with van der Waals surface area (Å²) in [6, 6.07) is 13.1. The van der Waals surface area contributed by atoms with Crippen LogP contribution >= 0.6 is 12.2 Å². The van der Waals surface area contributed by atoms with Crippen molar-refractivity contribution in [3.8, 4) is 11.5 Å².